The molecule has 7 heteroatoms. The lowest BCUT2D eigenvalue weighted by molar-refractivity contribution is 0.0424. The highest BCUT2D eigenvalue weighted by atomic mass is 16.5. The molecule has 2 fully saturated rings. The number of piperidine rings is 1. The normalized spacial score (nSPS) is 21.9. The number of aromatic nitrogens is 3. The highest BCUT2D eigenvalue weighted by Crippen LogP contribution is 2.42. The van der Waals surface area contributed by atoms with E-state index in [1.165, 1.54) is 0 Å². The van der Waals surface area contributed by atoms with Crippen LogP contribution in [0.1, 0.15) is 29.8 Å². The van der Waals surface area contributed by atoms with Gasteiger partial charge in [-0.3, -0.25) is 14.5 Å². The van der Waals surface area contributed by atoms with Gasteiger partial charge in [0.25, 0.3) is 5.91 Å². The summed E-state index contributed by atoms with van der Waals surface area (Å²) in [5.41, 5.74) is 0.693. The van der Waals surface area contributed by atoms with Gasteiger partial charge in [-0.15, -0.1) is 0 Å². The molecule has 0 saturated carbocycles. The fraction of sp³-hybridized carbons (Fsp3) is 0.526. The van der Waals surface area contributed by atoms with E-state index in [0.29, 0.717) is 12.3 Å². The molecule has 0 aromatic carbocycles. The molecule has 138 valence electrons. The van der Waals surface area contributed by atoms with Gasteiger partial charge < -0.3 is 14.4 Å². The SMILES string of the molecule is Cn1ccc(C(=O)N2CCC3(CC2)COC(COc2cccnc2)C3)n1. The second-order valence-corrected chi connectivity index (χ2v) is 7.30. The molecule has 2 aliphatic heterocycles. The van der Waals surface area contributed by atoms with Gasteiger partial charge in [-0.25, -0.2) is 0 Å². The predicted octanol–water partition coefficient (Wildman–Crippen LogP) is 1.91. The summed E-state index contributed by atoms with van der Waals surface area (Å²) in [7, 11) is 1.82. The minimum absolute atomic E-state index is 0.0239. The third-order valence-electron chi connectivity index (χ3n) is 5.40. The number of aryl methyl sites for hydroxylation is 1. The Morgan fingerprint density at radius 2 is 2.23 bits per heavy atom. The lowest BCUT2D eigenvalue weighted by Crippen LogP contribution is -2.43. The number of hydrogen-bond acceptors (Lipinski definition) is 5. The van der Waals surface area contributed by atoms with Crippen LogP contribution < -0.4 is 4.74 Å². The number of pyridine rings is 1. The smallest absolute Gasteiger partial charge is 0.274 e. The molecule has 0 aliphatic carbocycles. The minimum Gasteiger partial charge on any atom is -0.489 e. The van der Waals surface area contributed by atoms with E-state index >= 15 is 0 Å². The van der Waals surface area contributed by atoms with Crippen LogP contribution in [0.5, 0.6) is 5.75 Å². The van der Waals surface area contributed by atoms with Crippen molar-refractivity contribution in [3.8, 4) is 5.75 Å². The zero-order valence-electron chi connectivity index (χ0n) is 15.0. The first-order valence-corrected chi connectivity index (χ1v) is 9.07. The zero-order chi connectivity index (χ0) is 18.0. The van der Waals surface area contributed by atoms with Crippen molar-refractivity contribution in [2.24, 2.45) is 12.5 Å². The van der Waals surface area contributed by atoms with Crippen LogP contribution in [0.4, 0.5) is 0 Å². The van der Waals surface area contributed by atoms with Crippen LogP contribution in [0, 0.1) is 5.41 Å². The number of amides is 1. The van der Waals surface area contributed by atoms with Gasteiger partial charge >= 0.3 is 0 Å². The molecule has 2 aliphatic rings. The maximum Gasteiger partial charge on any atom is 0.274 e. The first-order valence-electron chi connectivity index (χ1n) is 9.07. The zero-order valence-corrected chi connectivity index (χ0v) is 15.0. The van der Waals surface area contributed by atoms with E-state index in [-0.39, 0.29) is 17.4 Å². The molecular weight excluding hydrogens is 332 g/mol. The monoisotopic (exact) mass is 356 g/mol. The predicted molar refractivity (Wildman–Crippen MR) is 94.9 cm³/mol. The molecule has 1 spiro atoms. The molecule has 7 nitrogen and oxygen atoms in total. The topological polar surface area (TPSA) is 69.5 Å². The van der Waals surface area contributed by atoms with Crippen LogP contribution in [-0.4, -0.2) is 58.0 Å². The Morgan fingerprint density at radius 1 is 1.38 bits per heavy atom. The average Bonchev–Trinajstić information content (AvgIpc) is 3.28. The van der Waals surface area contributed by atoms with Crippen molar-refractivity contribution in [3.05, 3.63) is 42.5 Å². The quantitative estimate of drug-likeness (QED) is 0.837. The molecule has 0 bridgehead atoms. The number of likely N-dealkylation sites (tertiary alicyclic amines) is 1. The second kappa shape index (κ2) is 7.07. The summed E-state index contributed by atoms with van der Waals surface area (Å²) in [5.74, 6) is 0.795. The molecule has 4 rings (SSSR count). The number of nitrogens with zero attached hydrogens (tertiary/aromatic N) is 4. The number of carbonyl (C=O) groups is 1. The first-order chi connectivity index (χ1) is 12.6. The van der Waals surface area contributed by atoms with Gasteiger partial charge in [0.05, 0.1) is 18.9 Å². The molecule has 4 heterocycles. The highest BCUT2D eigenvalue weighted by molar-refractivity contribution is 5.92. The van der Waals surface area contributed by atoms with E-state index < -0.39 is 0 Å². The first kappa shape index (κ1) is 17.0. The standard InChI is InChI=1S/C19H24N4O3/c1-22-8-4-17(21-22)18(24)23-9-5-19(6-10-23)11-16(26-14-19)13-25-15-3-2-7-20-12-15/h2-4,7-8,12,16H,5-6,9-11,13-14H2,1H3. The fourth-order valence-corrected chi connectivity index (χ4v) is 3.85. The third kappa shape index (κ3) is 3.58. The van der Waals surface area contributed by atoms with E-state index in [1.54, 1.807) is 29.3 Å². The summed E-state index contributed by atoms with van der Waals surface area (Å²) < 4.78 is 13.4. The van der Waals surface area contributed by atoms with Gasteiger partial charge in [0.2, 0.25) is 0 Å². The van der Waals surface area contributed by atoms with Gasteiger partial charge in [-0.1, -0.05) is 0 Å². The van der Waals surface area contributed by atoms with Crippen LogP contribution in [0.25, 0.3) is 0 Å². The van der Waals surface area contributed by atoms with E-state index in [0.717, 1.165) is 44.7 Å². The van der Waals surface area contributed by atoms with Crippen molar-refractivity contribution in [2.45, 2.75) is 25.4 Å². The molecule has 0 N–H and O–H groups in total. The van der Waals surface area contributed by atoms with Gasteiger partial charge in [0, 0.05) is 32.5 Å². The molecular formula is C19H24N4O3. The van der Waals surface area contributed by atoms with Crippen molar-refractivity contribution in [2.75, 3.05) is 26.3 Å². The Kier molecular flexibility index (Phi) is 4.63. The maximum atomic E-state index is 12.5. The van der Waals surface area contributed by atoms with Crippen molar-refractivity contribution in [1.29, 1.82) is 0 Å². The summed E-state index contributed by atoms with van der Waals surface area (Å²) in [6, 6.07) is 5.54. The number of rotatable bonds is 4. The van der Waals surface area contributed by atoms with E-state index in [9.17, 15) is 4.79 Å². The molecule has 1 amide bonds. The van der Waals surface area contributed by atoms with Crippen molar-refractivity contribution in [3.63, 3.8) is 0 Å². The Morgan fingerprint density at radius 3 is 2.92 bits per heavy atom. The van der Waals surface area contributed by atoms with Gasteiger partial charge in [0.15, 0.2) is 0 Å². The third-order valence-corrected chi connectivity index (χ3v) is 5.40. The van der Waals surface area contributed by atoms with Crippen LogP contribution in [0.15, 0.2) is 36.8 Å². The highest BCUT2D eigenvalue weighted by Gasteiger charge is 2.43. The van der Waals surface area contributed by atoms with Gasteiger partial charge in [-0.2, -0.15) is 5.10 Å². The van der Waals surface area contributed by atoms with E-state index in [1.807, 2.05) is 24.1 Å². The summed E-state index contributed by atoms with van der Waals surface area (Å²) in [5, 5.41) is 4.22. The molecule has 0 radical (unpaired) electrons. The molecule has 2 aromatic heterocycles. The minimum atomic E-state index is 0.0239. The van der Waals surface area contributed by atoms with E-state index in [2.05, 4.69) is 10.1 Å². The summed E-state index contributed by atoms with van der Waals surface area (Å²) >= 11 is 0. The Hall–Kier alpha value is -2.41. The number of ether oxygens (including phenoxy) is 2. The van der Waals surface area contributed by atoms with Crippen LogP contribution >= 0.6 is 0 Å². The Bertz CT molecular complexity index is 753. The molecule has 2 aromatic rings. The maximum absolute atomic E-state index is 12.5. The fourth-order valence-electron chi connectivity index (χ4n) is 3.85. The lowest BCUT2D eigenvalue weighted by Gasteiger charge is -2.38. The Labute approximate surface area is 152 Å². The average molecular weight is 356 g/mol. The van der Waals surface area contributed by atoms with Crippen molar-refractivity contribution >= 4 is 5.91 Å². The van der Waals surface area contributed by atoms with Crippen LogP contribution in [0.2, 0.25) is 0 Å². The van der Waals surface area contributed by atoms with Gasteiger partial charge in [0.1, 0.15) is 18.1 Å². The van der Waals surface area contributed by atoms with Crippen molar-refractivity contribution < 1.29 is 14.3 Å². The lowest BCUT2D eigenvalue weighted by atomic mass is 9.76. The van der Waals surface area contributed by atoms with E-state index in [4.69, 9.17) is 9.47 Å². The van der Waals surface area contributed by atoms with Gasteiger partial charge in [-0.05, 0) is 42.9 Å². The summed E-state index contributed by atoms with van der Waals surface area (Å²) in [6.07, 6.45) is 8.27. The molecule has 1 unspecified atom stereocenters. The summed E-state index contributed by atoms with van der Waals surface area (Å²) in [4.78, 5) is 18.5. The summed E-state index contributed by atoms with van der Waals surface area (Å²) in [6.45, 7) is 2.81. The second-order valence-electron chi connectivity index (χ2n) is 7.30. The number of hydrogen-bond donors (Lipinski definition) is 0. The molecule has 26 heavy (non-hydrogen) atoms. The van der Waals surface area contributed by atoms with Crippen LogP contribution in [0.3, 0.4) is 0 Å². The largest absolute Gasteiger partial charge is 0.489 e. The molecule has 1 atom stereocenters. The number of carbonyl (C=O) groups excluding carboxylic acids is 1. The molecule has 2 saturated heterocycles. The van der Waals surface area contributed by atoms with Crippen molar-refractivity contribution in [1.82, 2.24) is 19.7 Å². The Balaban J connectivity index is 1.28. The van der Waals surface area contributed by atoms with Crippen LogP contribution in [-0.2, 0) is 11.8 Å².